The lowest BCUT2D eigenvalue weighted by molar-refractivity contribution is -0.140. The predicted molar refractivity (Wildman–Crippen MR) is 83.3 cm³/mol. The van der Waals surface area contributed by atoms with E-state index >= 15 is 0 Å². The van der Waals surface area contributed by atoms with Crippen molar-refractivity contribution in [3.05, 3.63) is 42.0 Å². The molecule has 1 saturated heterocycles. The normalized spacial score (nSPS) is 23.0. The topological polar surface area (TPSA) is 32.3 Å². The Balaban J connectivity index is 1.90. The van der Waals surface area contributed by atoms with Gasteiger partial charge in [-0.2, -0.15) is 0 Å². The third-order valence-electron chi connectivity index (χ3n) is 3.91. The standard InChI is InChI=1S/C17H24N2O/c1-14(2)18-16(20)17(3)11-13-19(17)12-7-10-15-8-5-4-6-9-15/h4-10,14H,11-13H2,1-3H3,(H,18,20)/b10-7+. The second kappa shape index (κ2) is 6.23. The molecule has 3 heteroatoms. The molecule has 0 spiro atoms. The van der Waals surface area contributed by atoms with Crippen LogP contribution < -0.4 is 5.32 Å². The molecule has 20 heavy (non-hydrogen) atoms. The van der Waals surface area contributed by atoms with Gasteiger partial charge in [-0.3, -0.25) is 9.69 Å². The van der Waals surface area contributed by atoms with E-state index in [1.807, 2.05) is 39.0 Å². The van der Waals surface area contributed by atoms with Gasteiger partial charge in [-0.15, -0.1) is 0 Å². The summed E-state index contributed by atoms with van der Waals surface area (Å²) in [6.07, 6.45) is 5.18. The van der Waals surface area contributed by atoms with Crippen molar-refractivity contribution < 1.29 is 4.79 Å². The number of hydrogen-bond donors (Lipinski definition) is 1. The summed E-state index contributed by atoms with van der Waals surface area (Å²) in [4.78, 5) is 14.5. The van der Waals surface area contributed by atoms with Crippen LogP contribution in [0.4, 0.5) is 0 Å². The molecule has 1 unspecified atom stereocenters. The third kappa shape index (κ3) is 3.28. The quantitative estimate of drug-likeness (QED) is 0.894. The number of carbonyl (C=O) groups is 1. The zero-order valence-corrected chi connectivity index (χ0v) is 12.6. The van der Waals surface area contributed by atoms with Gasteiger partial charge in [-0.05, 0) is 32.8 Å². The second-order valence-corrected chi connectivity index (χ2v) is 5.91. The first-order valence-electron chi connectivity index (χ1n) is 7.30. The molecular weight excluding hydrogens is 248 g/mol. The Bertz CT molecular complexity index is 481. The molecule has 1 fully saturated rings. The molecule has 1 aliphatic heterocycles. The van der Waals surface area contributed by atoms with Crippen LogP contribution in [0.1, 0.15) is 32.8 Å². The van der Waals surface area contributed by atoms with E-state index in [-0.39, 0.29) is 17.5 Å². The van der Waals surface area contributed by atoms with Crippen LogP contribution in [0, 0.1) is 0 Å². The molecule has 1 aromatic carbocycles. The smallest absolute Gasteiger partial charge is 0.240 e. The molecule has 0 aliphatic carbocycles. The number of benzene rings is 1. The zero-order valence-electron chi connectivity index (χ0n) is 12.6. The first-order valence-corrected chi connectivity index (χ1v) is 7.30. The Morgan fingerprint density at radius 3 is 2.65 bits per heavy atom. The highest BCUT2D eigenvalue weighted by atomic mass is 16.2. The van der Waals surface area contributed by atoms with Crippen molar-refractivity contribution in [3.8, 4) is 0 Å². The molecule has 0 bridgehead atoms. The first-order chi connectivity index (χ1) is 9.52. The summed E-state index contributed by atoms with van der Waals surface area (Å²) in [7, 11) is 0. The van der Waals surface area contributed by atoms with Crippen LogP contribution in [0.3, 0.4) is 0 Å². The van der Waals surface area contributed by atoms with E-state index < -0.39 is 0 Å². The van der Waals surface area contributed by atoms with Gasteiger partial charge in [0.2, 0.25) is 5.91 Å². The minimum atomic E-state index is -0.342. The van der Waals surface area contributed by atoms with Crippen molar-refractivity contribution >= 4 is 12.0 Å². The third-order valence-corrected chi connectivity index (χ3v) is 3.91. The van der Waals surface area contributed by atoms with E-state index in [4.69, 9.17) is 0 Å². The molecule has 0 aromatic heterocycles. The molecule has 1 N–H and O–H groups in total. The highest BCUT2D eigenvalue weighted by Crippen LogP contribution is 2.30. The summed E-state index contributed by atoms with van der Waals surface area (Å²) >= 11 is 0. The average Bonchev–Trinajstić information content (AvgIpc) is 2.41. The summed E-state index contributed by atoms with van der Waals surface area (Å²) in [5.74, 6) is 0.145. The Hall–Kier alpha value is -1.61. The second-order valence-electron chi connectivity index (χ2n) is 5.91. The SMILES string of the molecule is CC(C)NC(=O)C1(C)CCN1C/C=C/c1ccccc1. The Labute approximate surface area is 121 Å². The highest BCUT2D eigenvalue weighted by Gasteiger charge is 2.46. The van der Waals surface area contributed by atoms with Crippen molar-refractivity contribution in [3.63, 3.8) is 0 Å². The van der Waals surface area contributed by atoms with Crippen molar-refractivity contribution in [2.24, 2.45) is 0 Å². The van der Waals surface area contributed by atoms with Crippen LogP contribution in [0.2, 0.25) is 0 Å². The maximum absolute atomic E-state index is 12.2. The number of nitrogens with zero attached hydrogens (tertiary/aromatic N) is 1. The summed E-state index contributed by atoms with van der Waals surface area (Å²) in [5, 5.41) is 3.02. The molecule has 108 valence electrons. The molecule has 3 nitrogen and oxygen atoms in total. The summed E-state index contributed by atoms with van der Waals surface area (Å²) in [6, 6.07) is 10.4. The van der Waals surface area contributed by atoms with E-state index in [1.54, 1.807) is 0 Å². The zero-order chi connectivity index (χ0) is 14.6. The highest BCUT2D eigenvalue weighted by molar-refractivity contribution is 5.87. The predicted octanol–water partition coefficient (Wildman–Crippen LogP) is 2.69. The lowest BCUT2D eigenvalue weighted by atomic mass is 9.85. The van der Waals surface area contributed by atoms with E-state index in [1.165, 1.54) is 5.56 Å². The van der Waals surface area contributed by atoms with Gasteiger partial charge in [0.15, 0.2) is 0 Å². The van der Waals surface area contributed by atoms with Crippen molar-refractivity contribution in [1.29, 1.82) is 0 Å². The molecule has 0 radical (unpaired) electrons. The molecule has 1 atom stereocenters. The number of rotatable bonds is 5. The Morgan fingerprint density at radius 1 is 1.40 bits per heavy atom. The largest absolute Gasteiger partial charge is 0.352 e. The number of amides is 1. The minimum absolute atomic E-state index is 0.145. The summed E-state index contributed by atoms with van der Waals surface area (Å²) in [5.41, 5.74) is 0.854. The Morgan fingerprint density at radius 2 is 2.10 bits per heavy atom. The monoisotopic (exact) mass is 272 g/mol. The van der Waals surface area contributed by atoms with Crippen LogP contribution in [-0.4, -0.2) is 35.5 Å². The lowest BCUT2D eigenvalue weighted by Crippen LogP contribution is -2.66. The fraction of sp³-hybridized carbons (Fsp3) is 0.471. The maximum atomic E-state index is 12.2. The van der Waals surface area contributed by atoms with Gasteiger partial charge in [0.1, 0.15) is 0 Å². The van der Waals surface area contributed by atoms with Crippen LogP contribution >= 0.6 is 0 Å². The fourth-order valence-electron chi connectivity index (χ4n) is 2.45. The molecule has 0 saturated carbocycles. The minimum Gasteiger partial charge on any atom is -0.352 e. The van der Waals surface area contributed by atoms with Crippen LogP contribution in [0.5, 0.6) is 0 Å². The van der Waals surface area contributed by atoms with Crippen molar-refractivity contribution in [2.75, 3.05) is 13.1 Å². The van der Waals surface area contributed by atoms with Gasteiger partial charge >= 0.3 is 0 Å². The van der Waals surface area contributed by atoms with Crippen LogP contribution in [0.25, 0.3) is 6.08 Å². The van der Waals surface area contributed by atoms with Crippen molar-refractivity contribution in [1.82, 2.24) is 10.2 Å². The molecule has 2 rings (SSSR count). The maximum Gasteiger partial charge on any atom is 0.240 e. The van der Waals surface area contributed by atoms with Gasteiger partial charge in [-0.1, -0.05) is 42.5 Å². The van der Waals surface area contributed by atoms with E-state index in [2.05, 4.69) is 34.5 Å². The van der Waals surface area contributed by atoms with Gasteiger partial charge in [-0.25, -0.2) is 0 Å². The van der Waals surface area contributed by atoms with Gasteiger partial charge < -0.3 is 5.32 Å². The fourth-order valence-corrected chi connectivity index (χ4v) is 2.45. The molecule has 1 heterocycles. The number of hydrogen-bond acceptors (Lipinski definition) is 2. The van der Waals surface area contributed by atoms with Crippen LogP contribution in [-0.2, 0) is 4.79 Å². The first kappa shape index (κ1) is 14.8. The average molecular weight is 272 g/mol. The van der Waals surface area contributed by atoms with Gasteiger partial charge in [0, 0.05) is 19.1 Å². The van der Waals surface area contributed by atoms with E-state index in [0.29, 0.717) is 0 Å². The number of carbonyl (C=O) groups excluding carboxylic acids is 1. The van der Waals surface area contributed by atoms with Crippen LogP contribution in [0.15, 0.2) is 36.4 Å². The molecule has 1 amide bonds. The molecule has 1 aliphatic rings. The van der Waals surface area contributed by atoms with Gasteiger partial charge in [0.05, 0.1) is 5.54 Å². The van der Waals surface area contributed by atoms with Crippen molar-refractivity contribution in [2.45, 2.75) is 38.8 Å². The summed E-state index contributed by atoms with van der Waals surface area (Å²) < 4.78 is 0. The molecule has 1 aromatic rings. The summed E-state index contributed by atoms with van der Waals surface area (Å²) in [6.45, 7) is 7.84. The van der Waals surface area contributed by atoms with E-state index in [9.17, 15) is 4.79 Å². The van der Waals surface area contributed by atoms with Gasteiger partial charge in [0.25, 0.3) is 0 Å². The molecular formula is C17H24N2O. The lowest BCUT2D eigenvalue weighted by Gasteiger charge is -2.49. The number of nitrogens with one attached hydrogen (secondary N) is 1. The van der Waals surface area contributed by atoms with E-state index in [0.717, 1.165) is 19.5 Å². The number of likely N-dealkylation sites (tertiary alicyclic amines) is 1. The Kier molecular flexibility index (Phi) is 4.61.